The van der Waals surface area contributed by atoms with Crippen molar-refractivity contribution >= 4 is 34.5 Å². The summed E-state index contributed by atoms with van der Waals surface area (Å²) in [6.07, 6.45) is 0. The second-order valence-electron chi connectivity index (χ2n) is 38.4. The van der Waals surface area contributed by atoms with Gasteiger partial charge in [0, 0.05) is 52.1 Å². The monoisotopic (exact) mass is 1700 g/mol. The van der Waals surface area contributed by atoms with E-state index in [0.717, 1.165) is 68.7 Å². The standard InChI is InChI=1S/2C26H33N3.C22H28.C21H27NO.C21H27NS/c2*1-12-14(3)18(7)23(19(8)15(12)4)25-27-22(11)28-26(29-25)24-20(9)16(5)13(2)17(6)21(24)10;1-10-12(3)16(7)21-19(14(10)5)18(9)20-15(6)11(2)13(4)17(8)22(20)21;2*1-10-12(3)16(7)20-18(14(10)5)22(9)19-15(6)11(2)13(4)17(8)21(19)23-20/h2*1-11H3;18H,1-9H3;2*1-9H3. The summed E-state index contributed by atoms with van der Waals surface area (Å²) in [5.41, 5.74) is 75.8. The number of aromatic nitrogens is 6. The topological polar surface area (TPSA) is 93.1 Å². The van der Waals surface area contributed by atoms with Gasteiger partial charge in [0.05, 0.1) is 22.7 Å². The molecule has 126 heavy (non-hydrogen) atoms. The van der Waals surface area contributed by atoms with E-state index in [0.29, 0.717) is 5.92 Å². The third kappa shape index (κ3) is 15.5. The zero-order chi connectivity index (χ0) is 94.5. The Hall–Kier alpha value is -10.0. The first-order chi connectivity index (χ1) is 58.5. The Bertz CT molecular complexity index is 5840. The number of aryl methyl sites for hydroxylation is 2. The Labute approximate surface area is 764 Å². The first-order valence-electron chi connectivity index (χ1n) is 45.7. The van der Waals surface area contributed by atoms with Gasteiger partial charge in [-0.05, 0) is 586 Å². The first kappa shape index (κ1) is 96.6. The van der Waals surface area contributed by atoms with Gasteiger partial charge in [0.25, 0.3) is 0 Å². The van der Waals surface area contributed by atoms with Gasteiger partial charge in [-0.15, -0.1) is 0 Å². The summed E-state index contributed by atoms with van der Waals surface area (Å²) < 4.78 is 6.50. The summed E-state index contributed by atoms with van der Waals surface area (Å²) in [6.45, 7) is 104. The maximum atomic E-state index is 6.50. The van der Waals surface area contributed by atoms with Crippen LogP contribution in [-0.4, -0.2) is 44.0 Å². The van der Waals surface area contributed by atoms with E-state index in [2.05, 4.69) is 335 Å². The zero-order valence-corrected chi connectivity index (χ0v) is 87.8. The molecule has 664 valence electrons. The van der Waals surface area contributed by atoms with Gasteiger partial charge in [-0.3, -0.25) is 0 Å². The van der Waals surface area contributed by atoms with Crippen LogP contribution >= 0.6 is 11.8 Å². The second-order valence-corrected chi connectivity index (χ2v) is 39.4. The molecule has 1 aliphatic carbocycles. The summed E-state index contributed by atoms with van der Waals surface area (Å²) in [5, 5.41) is 0. The van der Waals surface area contributed by atoms with Crippen LogP contribution in [0.5, 0.6) is 11.5 Å². The van der Waals surface area contributed by atoms with Crippen LogP contribution in [0.25, 0.3) is 56.7 Å². The number of ether oxygens (including phenoxy) is 1. The first-order valence-corrected chi connectivity index (χ1v) is 46.5. The number of hydrogen-bond acceptors (Lipinski definition) is 10. The summed E-state index contributed by atoms with van der Waals surface area (Å²) in [5.74, 6) is 7.20. The summed E-state index contributed by atoms with van der Waals surface area (Å²) >= 11 is 1.97. The van der Waals surface area contributed by atoms with Crippen molar-refractivity contribution < 1.29 is 4.74 Å². The molecule has 10 heteroatoms. The molecule has 0 saturated carbocycles. The van der Waals surface area contributed by atoms with E-state index in [9.17, 15) is 0 Å². The van der Waals surface area contributed by atoms with Gasteiger partial charge in [-0.25, -0.2) is 29.9 Å². The molecule has 0 amide bonds. The predicted octanol–water partition coefficient (Wildman–Crippen LogP) is 31.9. The molecule has 4 heterocycles. The van der Waals surface area contributed by atoms with Crippen molar-refractivity contribution in [2.45, 2.75) is 341 Å². The lowest BCUT2D eigenvalue weighted by molar-refractivity contribution is 0.465. The van der Waals surface area contributed by atoms with Gasteiger partial charge >= 0.3 is 0 Å². The van der Waals surface area contributed by atoms with Crippen LogP contribution in [0.15, 0.2) is 9.79 Å². The lowest BCUT2D eigenvalue weighted by atomic mass is 9.86. The molecule has 10 aromatic carbocycles. The van der Waals surface area contributed by atoms with Crippen LogP contribution in [0.3, 0.4) is 0 Å². The van der Waals surface area contributed by atoms with Crippen molar-refractivity contribution in [3.8, 4) is 68.2 Å². The van der Waals surface area contributed by atoms with Gasteiger partial charge in [-0.1, -0.05) is 18.7 Å². The molecule has 0 unspecified atom stereocenters. The lowest BCUT2D eigenvalue weighted by Crippen LogP contribution is -2.21. The molecule has 0 fully saturated rings. The third-order valence-corrected chi connectivity index (χ3v) is 34.5. The van der Waals surface area contributed by atoms with Crippen LogP contribution in [0, 0.1) is 318 Å². The Morgan fingerprint density at radius 3 is 0.579 bits per heavy atom. The van der Waals surface area contributed by atoms with E-state index in [1.807, 2.05) is 25.6 Å². The minimum atomic E-state index is 0.515. The highest BCUT2D eigenvalue weighted by Gasteiger charge is 2.37. The number of benzene rings is 10. The van der Waals surface area contributed by atoms with Gasteiger partial charge in [0.15, 0.2) is 34.8 Å². The normalized spacial score (nSPS) is 12.3. The van der Waals surface area contributed by atoms with Crippen molar-refractivity contribution in [1.29, 1.82) is 0 Å². The van der Waals surface area contributed by atoms with E-state index in [1.54, 1.807) is 11.1 Å². The average molecular weight is 1700 g/mol. The van der Waals surface area contributed by atoms with Crippen LogP contribution in [0.2, 0.25) is 0 Å². The third-order valence-electron chi connectivity index (χ3n) is 33.1. The largest absolute Gasteiger partial charge is 0.452 e. The number of nitrogens with zero attached hydrogens (tertiary/aromatic N) is 8. The molecule has 0 radical (unpaired) electrons. The molecule has 2 aliphatic heterocycles. The van der Waals surface area contributed by atoms with E-state index < -0.39 is 0 Å². The fourth-order valence-electron chi connectivity index (χ4n) is 20.9. The molecule has 12 aromatic rings. The Kier molecular flexibility index (Phi) is 27.3. The van der Waals surface area contributed by atoms with E-state index in [-0.39, 0.29) is 0 Å². The molecule has 9 nitrogen and oxygen atoms in total. The molecule has 0 atom stereocenters. The van der Waals surface area contributed by atoms with Crippen molar-refractivity contribution in [1.82, 2.24) is 29.9 Å². The number of hydrogen-bond donors (Lipinski definition) is 0. The zero-order valence-electron chi connectivity index (χ0n) is 87.0. The van der Waals surface area contributed by atoms with Gasteiger partial charge in [0.2, 0.25) is 0 Å². The SMILES string of the molecule is Cc1c(C)c(C)c2c(c1C)-c1c(C)c(C)c(C)c(C)c1C2C.Cc1c(C)c(C)c2c(c1C)Oc1c(C)c(C)c(C)c(C)c1N2C.Cc1c(C)c(C)c2c(c1C)Sc1c(C)c(C)c(C)c(C)c1N2C.Cc1nc(-c2c(C)c(C)c(C)c(C)c2C)nc(-c2c(C)c(C)c(C)c(C)c2C)n1.Cc1nc(-c2c(C)c(C)c(C)c(C)c2C)nc(-c2c(C)c(C)c(C)c(C)c2C)n1. The Morgan fingerprint density at radius 1 is 0.183 bits per heavy atom. The van der Waals surface area contributed by atoms with Crippen molar-refractivity contribution in [3.05, 3.63) is 268 Å². The van der Waals surface area contributed by atoms with Crippen molar-refractivity contribution in [2.75, 3.05) is 23.9 Å². The molecule has 2 aromatic heterocycles. The van der Waals surface area contributed by atoms with Crippen molar-refractivity contribution in [2.24, 2.45) is 0 Å². The average Bonchev–Trinajstić information content (AvgIpc) is 1.49. The Balaban J connectivity index is 0.000000154. The van der Waals surface area contributed by atoms with Crippen LogP contribution < -0.4 is 14.5 Å². The minimum Gasteiger partial charge on any atom is -0.452 e. The molecule has 3 aliphatic rings. The highest BCUT2D eigenvalue weighted by molar-refractivity contribution is 7.99. The molecular weight excluding hydrogens is 1550 g/mol. The molecule has 0 spiro atoms. The van der Waals surface area contributed by atoms with Gasteiger partial charge < -0.3 is 14.5 Å². The number of fused-ring (bicyclic) bond motifs is 7. The molecular formula is C116H148N8OS. The second kappa shape index (κ2) is 35.5. The highest BCUT2D eigenvalue weighted by atomic mass is 32.2. The number of anilines is 4. The predicted molar refractivity (Wildman–Crippen MR) is 545 cm³/mol. The molecule has 15 rings (SSSR count). The van der Waals surface area contributed by atoms with E-state index >= 15 is 0 Å². The summed E-state index contributed by atoms with van der Waals surface area (Å²) in [6, 6.07) is 0. The summed E-state index contributed by atoms with van der Waals surface area (Å²) in [7, 11) is 4.41. The van der Waals surface area contributed by atoms with Gasteiger partial charge in [-0.2, -0.15) is 0 Å². The highest BCUT2D eigenvalue weighted by Crippen LogP contribution is 2.58. The maximum absolute atomic E-state index is 6.50. The molecule has 0 N–H and O–H groups in total. The lowest BCUT2D eigenvalue weighted by Gasteiger charge is -2.36. The fraction of sp³-hybridized carbons (Fsp3) is 0.431. The van der Waals surface area contributed by atoms with Crippen LogP contribution in [0.4, 0.5) is 22.7 Å². The van der Waals surface area contributed by atoms with Crippen molar-refractivity contribution in [3.63, 3.8) is 0 Å². The maximum Gasteiger partial charge on any atom is 0.164 e. The summed E-state index contributed by atoms with van der Waals surface area (Å²) in [4.78, 5) is 36.7. The van der Waals surface area contributed by atoms with Crippen LogP contribution in [0.1, 0.15) is 280 Å². The quantitative estimate of drug-likeness (QED) is 0.170. The Morgan fingerprint density at radius 2 is 0.349 bits per heavy atom. The van der Waals surface area contributed by atoms with Gasteiger partial charge in [0.1, 0.15) is 11.6 Å². The fourth-order valence-corrected chi connectivity index (χ4v) is 22.5. The van der Waals surface area contributed by atoms with E-state index in [1.165, 1.54) is 288 Å². The number of rotatable bonds is 4. The molecule has 0 saturated heterocycles. The molecule has 0 bridgehead atoms. The smallest absolute Gasteiger partial charge is 0.164 e. The van der Waals surface area contributed by atoms with E-state index in [4.69, 9.17) is 34.6 Å². The van der Waals surface area contributed by atoms with Crippen LogP contribution in [-0.2, 0) is 0 Å². The minimum absolute atomic E-state index is 0.515.